The summed E-state index contributed by atoms with van der Waals surface area (Å²) in [5, 5.41) is 9.04. The van der Waals surface area contributed by atoms with Crippen molar-refractivity contribution in [2.75, 3.05) is 26.2 Å². The molecule has 172 valence electrons. The van der Waals surface area contributed by atoms with Crippen LogP contribution in [0.3, 0.4) is 0 Å². The van der Waals surface area contributed by atoms with Crippen molar-refractivity contribution in [2.45, 2.75) is 0 Å². The van der Waals surface area contributed by atoms with E-state index in [0.717, 1.165) is 37.7 Å². The Kier molecular flexibility index (Phi) is 7.85. The highest BCUT2D eigenvalue weighted by Gasteiger charge is 2.16. The fourth-order valence-electron chi connectivity index (χ4n) is 3.99. The van der Waals surface area contributed by atoms with Gasteiger partial charge < -0.3 is 19.7 Å². The summed E-state index contributed by atoms with van der Waals surface area (Å²) in [6.07, 6.45) is 0. The molecule has 7 rings (SSSR count). The molecule has 4 aromatic rings. The molecule has 4 aromatic carbocycles. The van der Waals surface area contributed by atoms with Crippen molar-refractivity contribution in [1.82, 2.24) is 10.6 Å². The highest BCUT2D eigenvalue weighted by Crippen LogP contribution is 2.39. The Labute approximate surface area is 204 Å². The second-order valence-corrected chi connectivity index (χ2v) is 9.89. The number of fused-ring (bicyclic) bond motifs is 6. The molecule has 3 aliphatic rings. The lowest BCUT2D eigenvalue weighted by molar-refractivity contribution is 0.534. The fourth-order valence-corrected chi connectivity index (χ4v) is 5.77. The van der Waals surface area contributed by atoms with E-state index < -0.39 is 0 Å². The van der Waals surface area contributed by atoms with Crippen molar-refractivity contribution in [3.8, 4) is 33.8 Å². The number of rotatable bonds is 0. The van der Waals surface area contributed by atoms with Crippen LogP contribution in [0.2, 0.25) is 0 Å². The third-order valence-corrected chi connectivity index (χ3v) is 7.66. The van der Waals surface area contributed by atoms with Crippen LogP contribution in [0.15, 0.2) is 97.1 Å². The zero-order valence-electron chi connectivity index (χ0n) is 18.9. The Hall–Kier alpha value is -2.74. The van der Waals surface area contributed by atoms with E-state index in [2.05, 4.69) is 71.3 Å². The van der Waals surface area contributed by atoms with Crippen LogP contribution in [0.4, 0.5) is 0 Å². The largest absolute Gasteiger partial charge is 0.472 e. The summed E-state index contributed by atoms with van der Waals surface area (Å²) in [4.78, 5) is 0. The van der Waals surface area contributed by atoms with E-state index in [0.29, 0.717) is 17.6 Å². The quantitative estimate of drug-likeness (QED) is 0.339. The Morgan fingerprint density at radius 3 is 1.21 bits per heavy atom. The molecule has 34 heavy (non-hydrogen) atoms. The zero-order valence-corrected chi connectivity index (χ0v) is 20.9. The van der Waals surface area contributed by atoms with Gasteiger partial charge in [-0.15, -0.1) is 0 Å². The smallest absolute Gasteiger partial charge is 0.131 e. The molecule has 2 N–H and O–H groups in total. The van der Waals surface area contributed by atoms with E-state index in [1.54, 1.807) is 0 Å². The van der Waals surface area contributed by atoms with E-state index in [4.69, 9.17) is 9.05 Å². The van der Waals surface area contributed by atoms with Gasteiger partial charge in [-0.2, -0.15) is 0 Å². The van der Waals surface area contributed by atoms with Crippen molar-refractivity contribution in [3.63, 3.8) is 0 Å². The molecule has 3 heterocycles. The van der Waals surface area contributed by atoms with Crippen LogP contribution in [-0.2, 0) is 0 Å². The zero-order chi connectivity index (χ0) is 23.0. The Bertz CT molecular complexity index is 1050. The average Bonchev–Trinajstić information content (AvgIpc) is 2.94. The molecule has 0 aliphatic carbocycles. The van der Waals surface area contributed by atoms with Crippen molar-refractivity contribution < 1.29 is 9.05 Å². The highest BCUT2D eigenvalue weighted by atomic mass is 31.1. The van der Waals surface area contributed by atoms with Gasteiger partial charge in [0.1, 0.15) is 29.1 Å². The van der Waals surface area contributed by atoms with Crippen LogP contribution in [0.1, 0.15) is 0 Å². The number of piperazine rings is 1. The summed E-state index contributed by atoms with van der Waals surface area (Å²) in [6.45, 7) is 4.56. The first-order valence-electron chi connectivity index (χ1n) is 11.5. The van der Waals surface area contributed by atoms with Crippen LogP contribution in [0.25, 0.3) is 22.3 Å². The summed E-state index contributed by atoms with van der Waals surface area (Å²) in [6, 6.07) is 33.2. The normalized spacial score (nSPS) is 16.0. The molecule has 4 nitrogen and oxygen atoms in total. The number of nitrogens with one attached hydrogen (secondary N) is 2. The molecule has 0 radical (unpaired) electrons. The van der Waals surface area contributed by atoms with Crippen molar-refractivity contribution in [3.05, 3.63) is 97.1 Å². The van der Waals surface area contributed by atoms with Gasteiger partial charge in [-0.1, -0.05) is 84.9 Å². The lowest BCUT2D eigenvalue weighted by Crippen LogP contribution is -2.39. The van der Waals surface area contributed by atoms with Gasteiger partial charge in [-0.25, -0.2) is 0 Å². The predicted octanol–water partition coefficient (Wildman–Crippen LogP) is 5.11. The first-order valence-corrected chi connectivity index (χ1v) is 13.4. The second-order valence-electron chi connectivity index (χ2n) is 7.99. The maximum atomic E-state index is 5.68. The number of para-hydroxylation sites is 2. The predicted molar refractivity (Wildman–Crippen MR) is 147 cm³/mol. The van der Waals surface area contributed by atoms with Gasteiger partial charge in [0.2, 0.25) is 0 Å². The van der Waals surface area contributed by atoms with Gasteiger partial charge in [-0.3, -0.25) is 0 Å². The Morgan fingerprint density at radius 1 is 0.441 bits per heavy atom. The van der Waals surface area contributed by atoms with Gasteiger partial charge in [0, 0.05) is 47.9 Å². The minimum atomic E-state index is 0.440. The van der Waals surface area contributed by atoms with Crippen molar-refractivity contribution in [2.24, 2.45) is 0 Å². The molecule has 0 aromatic heterocycles. The maximum Gasteiger partial charge on any atom is 0.131 e. The Balaban J connectivity index is 0.000000115. The molecule has 1 saturated heterocycles. The second kappa shape index (κ2) is 11.6. The van der Waals surface area contributed by atoms with Crippen molar-refractivity contribution >= 4 is 28.2 Å². The summed E-state index contributed by atoms with van der Waals surface area (Å²) in [5.74, 6) is 2.01. The summed E-state index contributed by atoms with van der Waals surface area (Å²) in [7, 11) is 0.880. The molecular formula is C28H28N2O2P2. The van der Waals surface area contributed by atoms with E-state index in [-0.39, 0.29) is 0 Å². The van der Waals surface area contributed by atoms with E-state index >= 15 is 0 Å². The van der Waals surface area contributed by atoms with E-state index in [1.807, 2.05) is 36.4 Å². The average molecular weight is 486 g/mol. The third-order valence-electron chi connectivity index (χ3n) is 5.71. The van der Waals surface area contributed by atoms with Crippen LogP contribution in [-0.4, -0.2) is 26.2 Å². The SMILES string of the molecule is C1CNCCN1.c1ccc2c(c1)OPc1ccccc1-2.c1ccc2c(c1)OPc1ccccc1-2. The van der Waals surface area contributed by atoms with Gasteiger partial charge in [0.05, 0.1) is 0 Å². The highest BCUT2D eigenvalue weighted by molar-refractivity contribution is 7.43. The number of hydrogen-bond donors (Lipinski definition) is 2. The van der Waals surface area contributed by atoms with Crippen molar-refractivity contribution in [1.29, 1.82) is 0 Å². The van der Waals surface area contributed by atoms with Gasteiger partial charge in [0.15, 0.2) is 0 Å². The van der Waals surface area contributed by atoms with E-state index in [9.17, 15) is 0 Å². The van der Waals surface area contributed by atoms with Crippen LogP contribution < -0.4 is 30.3 Å². The third kappa shape index (κ3) is 5.49. The molecule has 0 saturated carbocycles. The molecule has 2 unspecified atom stereocenters. The minimum Gasteiger partial charge on any atom is -0.472 e. The van der Waals surface area contributed by atoms with Gasteiger partial charge in [0.25, 0.3) is 0 Å². The first kappa shape index (κ1) is 23.0. The molecule has 0 bridgehead atoms. The minimum absolute atomic E-state index is 0.440. The number of hydrogen-bond acceptors (Lipinski definition) is 4. The molecule has 6 heteroatoms. The summed E-state index contributed by atoms with van der Waals surface area (Å²) >= 11 is 0. The molecule has 2 atom stereocenters. The molecule has 3 aliphatic heterocycles. The first-order chi connectivity index (χ1) is 16.9. The molecule has 0 amide bonds. The lowest BCUT2D eigenvalue weighted by atomic mass is 10.0. The van der Waals surface area contributed by atoms with Crippen LogP contribution in [0.5, 0.6) is 11.5 Å². The fraction of sp³-hybridized carbons (Fsp3) is 0.143. The molecule has 1 fully saturated rings. The molecular weight excluding hydrogens is 458 g/mol. The standard InChI is InChI=1S/2C12H9OP.C4H10N2/c2*1-3-7-11-9(5-1)10-6-2-4-8-12(10)14-13-11;1-2-6-4-3-5-1/h2*1-8,14H;5-6H,1-4H2. The molecule has 0 spiro atoms. The summed E-state index contributed by atoms with van der Waals surface area (Å²) in [5.41, 5.74) is 5.05. The van der Waals surface area contributed by atoms with Crippen LogP contribution >= 0.6 is 17.6 Å². The Morgan fingerprint density at radius 2 is 0.794 bits per heavy atom. The van der Waals surface area contributed by atoms with Crippen LogP contribution in [0, 0.1) is 0 Å². The topological polar surface area (TPSA) is 42.5 Å². The van der Waals surface area contributed by atoms with Gasteiger partial charge >= 0.3 is 0 Å². The number of benzene rings is 4. The monoisotopic (exact) mass is 486 g/mol. The van der Waals surface area contributed by atoms with E-state index in [1.165, 1.54) is 32.9 Å². The van der Waals surface area contributed by atoms with Gasteiger partial charge in [-0.05, 0) is 23.3 Å². The lowest BCUT2D eigenvalue weighted by Gasteiger charge is -2.19. The summed E-state index contributed by atoms with van der Waals surface area (Å²) < 4.78 is 11.4. The maximum absolute atomic E-state index is 5.68.